The molecule has 0 unspecified atom stereocenters. The Hall–Kier alpha value is -1.50. The van der Waals surface area contributed by atoms with E-state index in [-0.39, 0.29) is 0 Å². The summed E-state index contributed by atoms with van der Waals surface area (Å²) in [6.45, 7) is 0. The molecule has 84 valence electrons. The Kier molecular flexibility index (Phi) is 2.42. The minimum absolute atomic E-state index is 0.399. The highest BCUT2D eigenvalue weighted by molar-refractivity contribution is 5.29. The van der Waals surface area contributed by atoms with Crippen LogP contribution in [-0.4, -0.2) is 0 Å². The summed E-state index contributed by atoms with van der Waals surface area (Å²) in [4.78, 5) is 0. The lowest BCUT2D eigenvalue weighted by atomic mass is 9.97. The van der Waals surface area contributed by atoms with E-state index in [0.717, 1.165) is 25.0 Å². The standard InChI is InChI=1S/C12H10F3N/c13-12(14,15)10-3-1-2-9(6-10)7-11(8-16)4-5-11/h1-3,6H,4-5,7H2. The summed E-state index contributed by atoms with van der Waals surface area (Å²) in [6, 6.07) is 7.41. The fourth-order valence-electron chi connectivity index (χ4n) is 1.73. The molecule has 1 aliphatic carbocycles. The monoisotopic (exact) mass is 225 g/mol. The molecule has 0 spiro atoms. The lowest BCUT2D eigenvalue weighted by Gasteiger charge is -2.10. The SMILES string of the molecule is N#CC1(Cc2cccc(C(F)(F)F)c2)CC1. The number of hydrogen-bond donors (Lipinski definition) is 0. The molecule has 1 saturated carbocycles. The molecule has 0 amide bonds. The molecule has 1 fully saturated rings. The van der Waals surface area contributed by atoms with Crippen LogP contribution in [0.15, 0.2) is 24.3 Å². The third-order valence-electron chi connectivity index (χ3n) is 2.89. The number of nitriles is 1. The van der Waals surface area contributed by atoms with E-state index < -0.39 is 17.2 Å². The smallest absolute Gasteiger partial charge is 0.198 e. The van der Waals surface area contributed by atoms with E-state index in [9.17, 15) is 13.2 Å². The van der Waals surface area contributed by atoms with E-state index in [1.54, 1.807) is 6.07 Å². The van der Waals surface area contributed by atoms with Crippen LogP contribution >= 0.6 is 0 Å². The summed E-state index contributed by atoms with van der Waals surface area (Å²) in [7, 11) is 0. The Morgan fingerprint density at radius 3 is 2.50 bits per heavy atom. The van der Waals surface area contributed by atoms with Gasteiger partial charge in [0.1, 0.15) is 0 Å². The summed E-state index contributed by atoms with van der Waals surface area (Å²) < 4.78 is 37.3. The van der Waals surface area contributed by atoms with Crippen molar-refractivity contribution in [2.75, 3.05) is 0 Å². The number of hydrogen-bond acceptors (Lipinski definition) is 1. The summed E-state index contributed by atoms with van der Waals surface area (Å²) >= 11 is 0. The molecule has 0 N–H and O–H groups in total. The fourth-order valence-corrected chi connectivity index (χ4v) is 1.73. The van der Waals surface area contributed by atoms with E-state index in [4.69, 9.17) is 5.26 Å². The highest BCUT2D eigenvalue weighted by Gasteiger charge is 2.43. The van der Waals surface area contributed by atoms with Crippen molar-refractivity contribution in [3.63, 3.8) is 0 Å². The molecule has 0 radical (unpaired) electrons. The fraction of sp³-hybridized carbons (Fsp3) is 0.417. The zero-order valence-electron chi connectivity index (χ0n) is 8.51. The van der Waals surface area contributed by atoms with E-state index in [1.165, 1.54) is 6.07 Å². The molecule has 0 saturated heterocycles. The number of nitrogens with zero attached hydrogens (tertiary/aromatic N) is 1. The average molecular weight is 225 g/mol. The minimum Gasteiger partial charge on any atom is -0.198 e. The van der Waals surface area contributed by atoms with Gasteiger partial charge >= 0.3 is 6.18 Å². The maximum absolute atomic E-state index is 12.4. The maximum Gasteiger partial charge on any atom is 0.416 e. The van der Waals surface area contributed by atoms with Crippen LogP contribution in [0, 0.1) is 16.7 Å². The van der Waals surface area contributed by atoms with Crippen molar-refractivity contribution in [2.45, 2.75) is 25.4 Å². The van der Waals surface area contributed by atoms with Crippen molar-refractivity contribution in [1.82, 2.24) is 0 Å². The highest BCUT2D eigenvalue weighted by atomic mass is 19.4. The number of rotatable bonds is 2. The van der Waals surface area contributed by atoms with E-state index in [2.05, 4.69) is 6.07 Å². The zero-order chi connectivity index (χ0) is 11.8. The first-order valence-corrected chi connectivity index (χ1v) is 5.03. The Bertz CT molecular complexity index is 438. The second-order valence-corrected chi connectivity index (χ2v) is 4.27. The first-order chi connectivity index (χ1) is 7.45. The Morgan fingerprint density at radius 2 is 2.00 bits per heavy atom. The lowest BCUT2D eigenvalue weighted by Crippen LogP contribution is -2.07. The normalized spacial score (nSPS) is 17.9. The molecule has 4 heteroatoms. The summed E-state index contributed by atoms with van der Waals surface area (Å²) in [5.74, 6) is 0. The van der Waals surface area contributed by atoms with Gasteiger partial charge in [-0.25, -0.2) is 0 Å². The van der Waals surface area contributed by atoms with Gasteiger partial charge in [-0.3, -0.25) is 0 Å². The first kappa shape index (κ1) is 11.0. The van der Waals surface area contributed by atoms with Crippen LogP contribution in [0.5, 0.6) is 0 Å². The van der Waals surface area contributed by atoms with Crippen molar-refractivity contribution in [3.05, 3.63) is 35.4 Å². The topological polar surface area (TPSA) is 23.8 Å². The van der Waals surface area contributed by atoms with Gasteiger partial charge in [0.2, 0.25) is 0 Å². The van der Waals surface area contributed by atoms with Crippen molar-refractivity contribution < 1.29 is 13.2 Å². The third kappa shape index (κ3) is 2.19. The Morgan fingerprint density at radius 1 is 1.31 bits per heavy atom. The second-order valence-electron chi connectivity index (χ2n) is 4.27. The lowest BCUT2D eigenvalue weighted by molar-refractivity contribution is -0.137. The van der Waals surface area contributed by atoms with E-state index in [0.29, 0.717) is 12.0 Å². The van der Waals surface area contributed by atoms with Crippen molar-refractivity contribution >= 4 is 0 Å². The third-order valence-corrected chi connectivity index (χ3v) is 2.89. The van der Waals surface area contributed by atoms with Gasteiger partial charge in [0.15, 0.2) is 0 Å². The molecule has 2 rings (SSSR count). The van der Waals surface area contributed by atoms with Crippen LogP contribution in [0.4, 0.5) is 13.2 Å². The van der Waals surface area contributed by atoms with Gasteiger partial charge in [-0.15, -0.1) is 0 Å². The summed E-state index contributed by atoms with van der Waals surface area (Å²) in [5.41, 5.74) is -0.447. The van der Waals surface area contributed by atoms with Gasteiger partial charge in [-0.05, 0) is 30.9 Å². The van der Waals surface area contributed by atoms with E-state index in [1.807, 2.05) is 0 Å². The molecule has 16 heavy (non-hydrogen) atoms. The van der Waals surface area contributed by atoms with Gasteiger partial charge in [0, 0.05) is 0 Å². The average Bonchev–Trinajstić information content (AvgIpc) is 2.98. The first-order valence-electron chi connectivity index (χ1n) is 5.03. The van der Waals surface area contributed by atoms with Crippen LogP contribution in [0.1, 0.15) is 24.0 Å². The number of alkyl halides is 3. The number of halogens is 3. The van der Waals surface area contributed by atoms with Crippen LogP contribution < -0.4 is 0 Å². The molecule has 0 aliphatic heterocycles. The highest BCUT2D eigenvalue weighted by Crippen LogP contribution is 2.47. The Labute approximate surface area is 91.5 Å². The van der Waals surface area contributed by atoms with Gasteiger partial charge < -0.3 is 0 Å². The van der Waals surface area contributed by atoms with Gasteiger partial charge in [-0.2, -0.15) is 18.4 Å². The second kappa shape index (κ2) is 3.51. The van der Waals surface area contributed by atoms with Gasteiger partial charge in [-0.1, -0.05) is 18.2 Å². The molecule has 1 aromatic carbocycles. The molecule has 0 bridgehead atoms. The zero-order valence-corrected chi connectivity index (χ0v) is 8.51. The molecular formula is C12H10F3N. The van der Waals surface area contributed by atoms with Crippen molar-refractivity contribution in [1.29, 1.82) is 5.26 Å². The van der Waals surface area contributed by atoms with Crippen LogP contribution in [0.3, 0.4) is 0 Å². The largest absolute Gasteiger partial charge is 0.416 e. The van der Waals surface area contributed by atoms with Crippen LogP contribution in [-0.2, 0) is 12.6 Å². The summed E-state index contributed by atoms with van der Waals surface area (Å²) in [5, 5.41) is 8.87. The minimum atomic E-state index is -4.31. The predicted molar refractivity (Wildman–Crippen MR) is 52.4 cm³/mol. The predicted octanol–water partition coefficient (Wildman–Crippen LogP) is 3.55. The summed E-state index contributed by atoms with van der Waals surface area (Å²) in [6.07, 6.45) is -2.30. The molecule has 1 nitrogen and oxygen atoms in total. The molecular weight excluding hydrogens is 215 g/mol. The quantitative estimate of drug-likeness (QED) is 0.755. The molecule has 1 aromatic rings. The molecule has 0 atom stereocenters. The van der Waals surface area contributed by atoms with Crippen LogP contribution in [0.25, 0.3) is 0 Å². The van der Waals surface area contributed by atoms with Crippen molar-refractivity contribution in [3.8, 4) is 6.07 Å². The van der Waals surface area contributed by atoms with Gasteiger partial charge in [0.05, 0.1) is 17.0 Å². The molecule has 0 aromatic heterocycles. The van der Waals surface area contributed by atoms with E-state index >= 15 is 0 Å². The Balaban J connectivity index is 2.21. The van der Waals surface area contributed by atoms with Crippen molar-refractivity contribution in [2.24, 2.45) is 5.41 Å². The molecule has 1 aliphatic rings. The maximum atomic E-state index is 12.4. The van der Waals surface area contributed by atoms with Gasteiger partial charge in [0.25, 0.3) is 0 Å². The molecule has 0 heterocycles. The van der Waals surface area contributed by atoms with Crippen LogP contribution in [0.2, 0.25) is 0 Å². The number of benzene rings is 1.